The molecule has 0 spiro atoms. The molecule has 2 nitrogen and oxygen atoms in total. The Morgan fingerprint density at radius 1 is 1.09 bits per heavy atom. The van der Waals surface area contributed by atoms with E-state index in [-0.39, 0.29) is 12.0 Å². The van der Waals surface area contributed by atoms with Gasteiger partial charge in [0, 0.05) is 0 Å². The van der Waals surface area contributed by atoms with Gasteiger partial charge in [-0.2, -0.15) is 13.2 Å². The van der Waals surface area contributed by atoms with Crippen molar-refractivity contribution in [1.82, 2.24) is 0 Å². The molecule has 0 amide bonds. The van der Waals surface area contributed by atoms with Crippen LogP contribution in [0.1, 0.15) is 35.1 Å². The van der Waals surface area contributed by atoms with Gasteiger partial charge in [0.25, 0.3) is 0 Å². The number of alkyl halides is 3. The molecule has 0 bridgehead atoms. The first kappa shape index (κ1) is 17.1. The number of carboxylic acids is 1. The zero-order valence-electron chi connectivity index (χ0n) is 12.6. The molecule has 2 rings (SSSR count). The third-order valence-electron chi connectivity index (χ3n) is 3.84. The molecule has 122 valence electrons. The van der Waals surface area contributed by atoms with Gasteiger partial charge in [0.05, 0.1) is 11.5 Å². The van der Waals surface area contributed by atoms with E-state index in [0.717, 1.165) is 18.1 Å². The quantitative estimate of drug-likeness (QED) is 0.868. The van der Waals surface area contributed by atoms with Crippen molar-refractivity contribution in [3.05, 3.63) is 70.8 Å². The van der Waals surface area contributed by atoms with Crippen LogP contribution < -0.4 is 0 Å². The molecule has 1 N–H and O–H groups in total. The van der Waals surface area contributed by atoms with Crippen LogP contribution in [0.25, 0.3) is 0 Å². The van der Waals surface area contributed by atoms with Gasteiger partial charge in [-0.25, -0.2) is 0 Å². The second-order valence-electron chi connectivity index (χ2n) is 5.34. The predicted octanol–water partition coefficient (Wildman–Crippen LogP) is 4.68. The lowest BCUT2D eigenvalue weighted by atomic mass is 9.89. The van der Waals surface area contributed by atoms with Gasteiger partial charge in [-0.15, -0.1) is 0 Å². The monoisotopic (exact) mass is 322 g/mol. The van der Waals surface area contributed by atoms with E-state index >= 15 is 0 Å². The molecule has 0 saturated heterocycles. The second-order valence-corrected chi connectivity index (χ2v) is 5.34. The maximum Gasteiger partial charge on any atom is 0.416 e. The summed E-state index contributed by atoms with van der Waals surface area (Å²) in [5, 5.41) is 9.43. The number of halogens is 3. The molecule has 5 heteroatoms. The lowest BCUT2D eigenvalue weighted by molar-refractivity contribution is -0.141. The fraction of sp³-hybridized carbons (Fsp3) is 0.278. The van der Waals surface area contributed by atoms with Gasteiger partial charge in [-0.1, -0.05) is 49.4 Å². The van der Waals surface area contributed by atoms with Crippen LogP contribution in [-0.4, -0.2) is 11.1 Å². The number of carbonyl (C=O) groups is 1. The van der Waals surface area contributed by atoms with Crippen LogP contribution >= 0.6 is 0 Å². The molecule has 0 aliphatic carbocycles. The van der Waals surface area contributed by atoms with Gasteiger partial charge < -0.3 is 5.11 Å². The fourth-order valence-electron chi connectivity index (χ4n) is 2.53. The zero-order valence-corrected chi connectivity index (χ0v) is 12.6. The van der Waals surface area contributed by atoms with E-state index in [1.54, 1.807) is 24.3 Å². The van der Waals surface area contributed by atoms with E-state index in [0.29, 0.717) is 5.56 Å². The van der Waals surface area contributed by atoms with Crippen molar-refractivity contribution >= 4 is 5.97 Å². The Labute approximate surface area is 132 Å². The third-order valence-corrected chi connectivity index (χ3v) is 3.84. The summed E-state index contributed by atoms with van der Waals surface area (Å²) < 4.78 is 39.2. The van der Waals surface area contributed by atoms with Gasteiger partial charge in [0.15, 0.2) is 0 Å². The highest BCUT2D eigenvalue weighted by Gasteiger charge is 2.34. The first-order valence-electron chi connectivity index (χ1n) is 7.29. The minimum Gasteiger partial charge on any atom is -0.481 e. The van der Waals surface area contributed by atoms with Crippen LogP contribution in [0.5, 0.6) is 0 Å². The highest BCUT2D eigenvalue weighted by molar-refractivity contribution is 5.76. The summed E-state index contributed by atoms with van der Waals surface area (Å²) in [4.78, 5) is 11.5. The minimum absolute atomic E-state index is 0.00744. The second kappa shape index (κ2) is 6.86. The topological polar surface area (TPSA) is 37.3 Å². The fourth-order valence-corrected chi connectivity index (χ4v) is 2.53. The van der Waals surface area contributed by atoms with Crippen LogP contribution in [-0.2, 0) is 23.8 Å². The molecule has 0 aromatic heterocycles. The van der Waals surface area contributed by atoms with Gasteiger partial charge >= 0.3 is 12.1 Å². The van der Waals surface area contributed by atoms with Gasteiger partial charge in [-0.05, 0) is 35.6 Å². The first-order chi connectivity index (χ1) is 10.8. The molecule has 0 heterocycles. The average molecular weight is 322 g/mol. The maximum atomic E-state index is 13.1. The van der Waals surface area contributed by atoms with Crippen molar-refractivity contribution in [2.75, 3.05) is 0 Å². The lowest BCUT2D eigenvalue weighted by Gasteiger charge is -2.17. The van der Waals surface area contributed by atoms with Gasteiger partial charge in [0.1, 0.15) is 0 Å². The van der Waals surface area contributed by atoms with Gasteiger partial charge in [0.2, 0.25) is 0 Å². The third kappa shape index (κ3) is 4.12. The van der Waals surface area contributed by atoms with Crippen molar-refractivity contribution in [2.24, 2.45) is 0 Å². The summed E-state index contributed by atoms with van der Waals surface area (Å²) in [7, 11) is 0. The average Bonchev–Trinajstić information content (AvgIpc) is 2.52. The van der Waals surface area contributed by atoms with E-state index in [4.69, 9.17) is 0 Å². The lowest BCUT2D eigenvalue weighted by Crippen LogP contribution is -2.17. The number of carboxylic acid groups (broad SMARTS) is 1. The summed E-state index contributed by atoms with van der Waals surface area (Å²) in [6, 6.07) is 12.1. The van der Waals surface area contributed by atoms with Crippen molar-refractivity contribution < 1.29 is 23.1 Å². The summed E-state index contributed by atoms with van der Waals surface area (Å²) in [6.07, 6.45) is -3.88. The number of hydrogen-bond acceptors (Lipinski definition) is 1. The number of benzene rings is 2. The maximum absolute atomic E-state index is 13.1. The van der Waals surface area contributed by atoms with E-state index < -0.39 is 23.6 Å². The number of hydrogen-bond donors (Lipinski definition) is 1. The summed E-state index contributed by atoms with van der Waals surface area (Å²) in [6.45, 7) is 1.98. The molecule has 23 heavy (non-hydrogen) atoms. The normalized spacial score (nSPS) is 12.9. The van der Waals surface area contributed by atoms with Crippen LogP contribution in [0.3, 0.4) is 0 Å². The predicted molar refractivity (Wildman–Crippen MR) is 81.3 cm³/mol. The van der Waals surface area contributed by atoms with Crippen molar-refractivity contribution in [3.63, 3.8) is 0 Å². The Bertz CT molecular complexity index is 675. The highest BCUT2D eigenvalue weighted by atomic mass is 19.4. The van der Waals surface area contributed by atoms with E-state index in [2.05, 4.69) is 0 Å². The van der Waals surface area contributed by atoms with Gasteiger partial charge in [-0.3, -0.25) is 4.79 Å². The Morgan fingerprint density at radius 2 is 1.70 bits per heavy atom. The van der Waals surface area contributed by atoms with Crippen molar-refractivity contribution in [2.45, 2.75) is 31.9 Å². The molecule has 2 aromatic rings. The molecule has 2 aromatic carbocycles. The van der Waals surface area contributed by atoms with Crippen molar-refractivity contribution in [1.29, 1.82) is 0 Å². The van der Waals surface area contributed by atoms with Crippen LogP contribution in [0, 0.1) is 0 Å². The Morgan fingerprint density at radius 3 is 2.22 bits per heavy atom. The molecular weight excluding hydrogens is 305 g/mol. The van der Waals surface area contributed by atoms with Crippen LogP contribution in [0.15, 0.2) is 48.5 Å². The van der Waals surface area contributed by atoms with E-state index in [1.807, 2.05) is 6.92 Å². The zero-order chi connectivity index (χ0) is 17.0. The van der Waals surface area contributed by atoms with Crippen molar-refractivity contribution in [3.8, 4) is 0 Å². The SMILES string of the molecule is CCc1ccc(C(Cc2ccccc2C(F)(F)F)C(=O)O)cc1. The van der Waals surface area contributed by atoms with E-state index in [1.165, 1.54) is 18.2 Å². The van der Waals surface area contributed by atoms with Crippen LogP contribution in [0.4, 0.5) is 13.2 Å². The molecule has 0 saturated carbocycles. The van der Waals surface area contributed by atoms with Crippen LogP contribution in [0.2, 0.25) is 0 Å². The molecule has 1 unspecified atom stereocenters. The molecule has 0 radical (unpaired) electrons. The first-order valence-corrected chi connectivity index (χ1v) is 7.29. The molecule has 0 fully saturated rings. The molecule has 0 aliphatic heterocycles. The standard InChI is InChI=1S/C18H17F3O2/c1-2-12-7-9-13(10-8-12)15(17(22)23)11-14-5-3-4-6-16(14)18(19,20)21/h3-10,15H,2,11H2,1H3,(H,22,23). The summed E-state index contributed by atoms with van der Waals surface area (Å²) in [5.41, 5.74) is 0.767. The smallest absolute Gasteiger partial charge is 0.416 e. The molecule has 0 aliphatic rings. The summed E-state index contributed by atoms with van der Waals surface area (Å²) >= 11 is 0. The van der Waals surface area contributed by atoms with E-state index in [9.17, 15) is 23.1 Å². The Hall–Kier alpha value is -2.30. The largest absolute Gasteiger partial charge is 0.481 e. The highest BCUT2D eigenvalue weighted by Crippen LogP contribution is 2.34. The number of aryl methyl sites for hydroxylation is 1. The Kier molecular flexibility index (Phi) is 5.08. The molecule has 1 atom stereocenters. The summed E-state index contributed by atoms with van der Waals surface area (Å²) in [5.74, 6) is -2.14. The molecular formula is C18H17F3O2. The Balaban J connectivity index is 2.35. The minimum atomic E-state index is -4.49. The number of aliphatic carboxylic acids is 1. The number of rotatable bonds is 5.